The largest absolute Gasteiger partial charge is 0.472 e. The molecule has 12 heteroatoms. The lowest BCUT2D eigenvalue weighted by atomic mass is 9.70. The molecule has 26 heavy (non-hydrogen) atoms. The van der Waals surface area contributed by atoms with Gasteiger partial charge in [-0.25, -0.2) is 19.5 Å². The zero-order valence-corrected chi connectivity index (χ0v) is 15.3. The number of nitriles is 1. The summed E-state index contributed by atoms with van der Waals surface area (Å²) in [5.74, 6) is -0.319. The van der Waals surface area contributed by atoms with Crippen LogP contribution in [0, 0.1) is 23.2 Å². The van der Waals surface area contributed by atoms with Crippen LogP contribution in [0.25, 0.3) is 11.2 Å². The van der Waals surface area contributed by atoms with Crippen molar-refractivity contribution in [2.24, 2.45) is 11.8 Å². The zero-order chi connectivity index (χ0) is 18.7. The molecule has 2 N–H and O–H groups in total. The number of aromatic nitrogens is 4. The van der Waals surface area contributed by atoms with Crippen molar-refractivity contribution in [1.82, 2.24) is 19.5 Å². The molecule has 1 aliphatic rings. The van der Waals surface area contributed by atoms with E-state index in [2.05, 4.69) is 19.5 Å². The Hall–Kier alpha value is -1.60. The summed E-state index contributed by atoms with van der Waals surface area (Å²) >= 11 is 6.00. The van der Waals surface area contributed by atoms with Crippen LogP contribution in [0.4, 0.5) is 0 Å². The van der Waals surface area contributed by atoms with Crippen LogP contribution in [-0.4, -0.2) is 49.3 Å². The molecule has 2 heterocycles. The molecule has 10 nitrogen and oxygen atoms in total. The molecule has 1 aliphatic carbocycles. The van der Waals surface area contributed by atoms with Crippen molar-refractivity contribution in [2.45, 2.75) is 18.9 Å². The van der Waals surface area contributed by atoms with Gasteiger partial charge in [0.25, 0.3) is 0 Å². The number of imidazole rings is 1. The van der Waals surface area contributed by atoms with E-state index in [4.69, 9.17) is 21.4 Å². The average molecular weight is 402 g/mol. The second-order valence-corrected chi connectivity index (χ2v) is 7.72. The smallest absolute Gasteiger partial charge is 0.396 e. The van der Waals surface area contributed by atoms with E-state index in [9.17, 15) is 14.6 Å². The molecule has 1 saturated carbocycles. The van der Waals surface area contributed by atoms with Gasteiger partial charge in [-0.05, 0) is 12.3 Å². The van der Waals surface area contributed by atoms with Gasteiger partial charge in [0, 0.05) is 18.6 Å². The van der Waals surface area contributed by atoms with E-state index >= 15 is 0 Å². The molecule has 1 unspecified atom stereocenters. The zero-order valence-electron chi connectivity index (χ0n) is 13.6. The van der Waals surface area contributed by atoms with E-state index in [0.29, 0.717) is 17.6 Å². The fraction of sp³-hybridized carbons (Fsp3) is 0.571. The van der Waals surface area contributed by atoms with E-state index in [0.717, 1.165) is 0 Å². The molecule has 3 rings (SSSR count). The molecule has 0 amide bonds. The number of aliphatic hydroxyl groups is 1. The molecule has 0 radical (unpaired) electrons. The van der Waals surface area contributed by atoms with Crippen LogP contribution < -0.4 is 0 Å². The molecule has 1 fully saturated rings. The van der Waals surface area contributed by atoms with Crippen LogP contribution in [0.15, 0.2) is 12.7 Å². The molecular weight excluding hydrogens is 385 g/mol. The Morgan fingerprint density at radius 2 is 2.23 bits per heavy atom. The molecule has 2 aromatic rings. The first-order valence-corrected chi connectivity index (χ1v) is 9.77. The molecule has 2 aromatic heterocycles. The lowest BCUT2D eigenvalue weighted by Crippen LogP contribution is -2.42. The Morgan fingerprint density at radius 1 is 1.42 bits per heavy atom. The number of phosphoric ester groups is 1. The number of hydrogen-bond acceptors (Lipinski definition) is 8. The van der Waals surface area contributed by atoms with Gasteiger partial charge in [0.2, 0.25) is 0 Å². The maximum atomic E-state index is 11.7. The number of fused-ring (bicyclic) bond motifs is 1. The third-order valence-corrected chi connectivity index (χ3v) is 5.71. The quantitative estimate of drug-likeness (QED) is 0.383. The average Bonchev–Trinajstić information content (AvgIpc) is 2.99. The van der Waals surface area contributed by atoms with Crippen LogP contribution in [0.1, 0.15) is 18.9 Å². The summed E-state index contributed by atoms with van der Waals surface area (Å²) in [4.78, 5) is 21.9. The van der Waals surface area contributed by atoms with Crippen molar-refractivity contribution in [3.8, 4) is 6.07 Å². The third kappa shape index (κ3) is 3.88. The predicted molar refractivity (Wildman–Crippen MR) is 90.0 cm³/mol. The van der Waals surface area contributed by atoms with Crippen molar-refractivity contribution < 1.29 is 23.6 Å². The molecule has 4 atom stereocenters. The molecule has 0 bridgehead atoms. The number of rotatable bonds is 8. The lowest BCUT2D eigenvalue weighted by Gasteiger charge is -2.44. The molecule has 0 saturated heterocycles. The topological polar surface area (TPSA) is 143 Å². The van der Waals surface area contributed by atoms with Gasteiger partial charge in [-0.3, -0.25) is 9.05 Å². The van der Waals surface area contributed by atoms with Gasteiger partial charge in [-0.15, -0.1) is 0 Å². The number of nitrogens with zero attached hydrogens (tertiary/aromatic N) is 5. The highest BCUT2D eigenvalue weighted by molar-refractivity contribution is 7.47. The third-order valence-electron chi connectivity index (χ3n) is 4.45. The van der Waals surface area contributed by atoms with Crippen molar-refractivity contribution in [3.05, 3.63) is 17.8 Å². The Bertz CT molecular complexity index is 871. The predicted octanol–water partition coefficient (Wildman–Crippen LogP) is 1.70. The first-order chi connectivity index (χ1) is 12.5. The maximum absolute atomic E-state index is 11.7. The highest BCUT2D eigenvalue weighted by Gasteiger charge is 2.43. The van der Waals surface area contributed by atoms with Gasteiger partial charge in [0.05, 0.1) is 32.0 Å². The van der Waals surface area contributed by atoms with Crippen molar-refractivity contribution >= 4 is 30.6 Å². The van der Waals surface area contributed by atoms with Gasteiger partial charge in [-0.1, -0.05) is 11.6 Å². The van der Waals surface area contributed by atoms with E-state index in [1.165, 1.54) is 6.33 Å². The summed E-state index contributed by atoms with van der Waals surface area (Å²) in [5.41, 5.74) is 1.05. The second-order valence-electron chi connectivity index (χ2n) is 5.90. The Kier molecular flexibility index (Phi) is 5.87. The van der Waals surface area contributed by atoms with Crippen molar-refractivity contribution in [2.75, 3.05) is 19.8 Å². The van der Waals surface area contributed by atoms with Gasteiger partial charge in [-0.2, -0.15) is 5.26 Å². The van der Waals surface area contributed by atoms with E-state index < -0.39 is 7.82 Å². The summed E-state index contributed by atoms with van der Waals surface area (Å²) in [7, 11) is -4.21. The summed E-state index contributed by atoms with van der Waals surface area (Å²) in [6.45, 7) is -0.338. The minimum absolute atomic E-state index is 0.00318. The highest BCUT2D eigenvalue weighted by atomic mass is 35.5. The van der Waals surface area contributed by atoms with Crippen molar-refractivity contribution in [1.29, 1.82) is 5.26 Å². The Labute approximate surface area is 154 Å². The van der Waals surface area contributed by atoms with Crippen LogP contribution in [0.5, 0.6) is 0 Å². The van der Waals surface area contributed by atoms with Gasteiger partial charge in [0.1, 0.15) is 11.8 Å². The SMILES string of the molecule is N#CCCOP(=O)(O)OC[C@H]1C[C@@H](n2cnc3c(Cl)ncnc32)[C@@H]1CO. The van der Waals surface area contributed by atoms with E-state index in [-0.39, 0.29) is 49.3 Å². The van der Waals surface area contributed by atoms with Gasteiger partial charge < -0.3 is 14.6 Å². The van der Waals surface area contributed by atoms with Crippen LogP contribution in [0.2, 0.25) is 5.15 Å². The molecule has 0 aromatic carbocycles. The number of hydrogen-bond donors (Lipinski definition) is 2. The van der Waals surface area contributed by atoms with Gasteiger partial charge >= 0.3 is 7.82 Å². The van der Waals surface area contributed by atoms with Gasteiger partial charge in [0.15, 0.2) is 10.8 Å². The maximum Gasteiger partial charge on any atom is 0.472 e. The monoisotopic (exact) mass is 401 g/mol. The Balaban J connectivity index is 1.63. The molecule has 140 valence electrons. The van der Waals surface area contributed by atoms with Crippen LogP contribution >= 0.6 is 19.4 Å². The van der Waals surface area contributed by atoms with E-state index in [1.807, 2.05) is 10.6 Å². The van der Waals surface area contributed by atoms with Crippen LogP contribution in [-0.2, 0) is 13.6 Å². The highest BCUT2D eigenvalue weighted by Crippen LogP contribution is 2.49. The second kappa shape index (κ2) is 7.96. The summed E-state index contributed by atoms with van der Waals surface area (Å²) in [6.07, 6.45) is 3.54. The molecule has 0 spiro atoms. The summed E-state index contributed by atoms with van der Waals surface area (Å²) in [6, 6.07) is 1.73. The lowest BCUT2D eigenvalue weighted by molar-refractivity contribution is -0.00791. The molecule has 0 aliphatic heterocycles. The van der Waals surface area contributed by atoms with E-state index in [1.54, 1.807) is 6.33 Å². The standard InChI is InChI=1S/C14H17ClN5O5P/c15-13-12-14(18-7-17-13)20(8-19-12)11-4-9(10(11)5-21)6-25-26(22,23)24-3-1-2-16/h7-11,21H,1,3-6H2,(H,22,23)/t9-,10-,11-/m1/s1. The summed E-state index contributed by atoms with van der Waals surface area (Å²) < 4.78 is 23.2. The summed E-state index contributed by atoms with van der Waals surface area (Å²) in [5, 5.41) is 18.4. The molecular formula is C14H17ClN5O5P. The minimum Gasteiger partial charge on any atom is -0.396 e. The number of halogens is 1. The fourth-order valence-electron chi connectivity index (χ4n) is 3.06. The first kappa shape index (κ1) is 19.2. The normalized spacial score (nSPS) is 24.8. The number of phosphoric acid groups is 1. The Morgan fingerprint density at radius 3 is 2.96 bits per heavy atom. The fourth-order valence-corrected chi connectivity index (χ4v) is 4.01. The van der Waals surface area contributed by atoms with Crippen molar-refractivity contribution in [3.63, 3.8) is 0 Å². The number of aliphatic hydroxyl groups excluding tert-OH is 1. The first-order valence-electron chi connectivity index (χ1n) is 7.89. The van der Waals surface area contributed by atoms with Crippen LogP contribution in [0.3, 0.4) is 0 Å². The minimum atomic E-state index is -4.21.